The number of nitrogen functional groups attached to an aromatic ring is 1. The minimum atomic E-state index is -0.394. The van der Waals surface area contributed by atoms with Crippen molar-refractivity contribution >= 4 is 23.2 Å². The van der Waals surface area contributed by atoms with Crippen molar-refractivity contribution in [2.75, 3.05) is 10.6 Å². The first-order chi connectivity index (χ1) is 9.11. The van der Waals surface area contributed by atoms with Gasteiger partial charge < -0.3 is 5.73 Å². The second-order valence-electron chi connectivity index (χ2n) is 4.38. The quantitative estimate of drug-likeness (QED) is 0.620. The second-order valence-corrected chi connectivity index (χ2v) is 4.38. The number of anilines is 2. The fraction of sp³-hybridized carbons (Fsp3) is 0.0714. The fourth-order valence-corrected chi connectivity index (χ4v) is 2.27. The third-order valence-electron chi connectivity index (χ3n) is 3.18. The Morgan fingerprint density at radius 1 is 1.11 bits per heavy atom. The maximum absolute atomic E-state index is 12.4. The highest BCUT2D eigenvalue weighted by atomic mass is 16.2. The number of pyridine rings is 1. The van der Waals surface area contributed by atoms with E-state index in [9.17, 15) is 9.59 Å². The summed E-state index contributed by atoms with van der Waals surface area (Å²) in [4.78, 5) is 29.8. The van der Waals surface area contributed by atoms with Crippen molar-refractivity contribution < 1.29 is 9.59 Å². The van der Waals surface area contributed by atoms with Crippen molar-refractivity contribution in [3.63, 3.8) is 0 Å². The van der Waals surface area contributed by atoms with E-state index in [-0.39, 0.29) is 11.5 Å². The number of hydrogen-bond acceptors (Lipinski definition) is 4. The number of rotatable bonds is 1. The maximum Gasteiger partial charge on any atom is 0.268 e. The Balaban J connectivity index is 2.21. The van der Waals surface area contributed by atoms with Crippen LogP contribution in [0, 0.1) is 6.92 Å². The van der Waals surface area contributed by atoms with Gasteiger partial charge in [0.25, 0.3) is 11.8 Å². The number of nitrogens with two attached hydrogens (primary N) is 1. The summed E-state index contributed by atoms with van der Waals surface area (Å²) in [6.45, 7) is 1.79. The first-order valence-electron chi connectivity index (χ1n) is 5.79. The molecular formula is C14H11N3O2. The molecule has 0 aliphatic carbocycles. The molecular weight excluding hydrogens is 242 g/mol. The Labute approximate surface area is 109 Å². The van der Waals surface area contributed by atoms with Gasteiger partial charge in [-0.25, -0.2) is 4.90 Å². The number of fused-ring (bicyclic) bond motifs is 1. The molecule has 5 heteroatoms. The summed E-state index contributed by atoms with van der Waals surface area (Å²) in [5.74, 6) is -0.744. The Kier molecular flexibility index (Phi) is 2.35. The molecule has 0 spiro atoms. The molecule has 0 saturated carbocycles. The number of aromatic nitrogens is 1. The van der Waals surface area contributed by atoms with Gasteiger partial charge in [-0.05, 0) is 30.7 Å². The Morgan fingerprint density at radius 3 is 2.47 bits per heavy atom. The van der Waals surface area contributed by atoms with Crippen LogP contribution in [0.4, 0.5) is 11.4 Å². The van der Waals surface area contributed by atoms with Crippen LogP contribution in [0.5, 0.6) is 0 Å². The normalized spacial score (nSPS) is 13.8. The number of benzene rings is 1. The van der Waals surface area contributed by atoms with Gasteiger partial charge in [0.15, 0.2) is 0 Å². The molecule has 3 rings (SSSR count). The van der Waals surface area contributed by atoms with Gasteiger partial charge in [0, 0.05) is 11.9 Å². The molecule has 1 aromatic heterocycles. The van der Waals surface area contributed by atoms with Crippen molar-refractivity contribution in [2.24, 2.45) is 0 Å². The minimum absolute atomic E-state index is 0.286. The van der Waals surface area contributed by atoms with E-state index in [0.717, 1.165) is 10.5 Å². The van der Waals surface area contributed by atoms with Gasteiger partial charge in [-0.3, -0.25) is 14.6 Å². The average Bonchev–Trinajstić information content (AvgIpc) is 2.68. The van der Waals surface area contributed by atoms with Crippen LogP contribution in [0.15, 0.2) is 36.7 Å². The van der Waals surface area contributed by atoms with E-state index < -0.39 is 5.91 Å². The molecule has 1 aliphatic heterocycles. The Hall–Kier alpha value is -2.69. The van der Waals surface area contributed by atoms with Crippen LogP contribution in [-0.4, -0.2) is 16.8 Å². The van der Waals surface area contributed by atoms with E-state index in [2.05, 4.69) is 4.98 Å². The van der Waals surface area contributed by atoms with Gasteiger partial charge in [0.1, 0.15) is 0 Å². The van der Waals surface area contributed by atoms with E-state index in [1.807, 2.05) is 0 Å². The highest BCUT2D eigenvalue weighted by Gasteiger charge is 2.39. The van der Waals surface area contributed by atoms with Crippen LogP contribution in [-0.2, 0) is 0 Å². The van der Waals surface area contributed by atoms with Gasteiger partial charge in [0.05, 0.1) is 23.0 Å². The van der Waals surface area contributed by atoms with Crippen LogP contribution < -0.4 is 10.6 Å². The molecule has 1 aliphatic rings. The van der Waals surface area contributed by atoms with Crippen LogP contribution >= 0.6 is 0 Å². The van der Waals surface area contributed by atoms with Gasteiger partial charge in [-0.1, -0.05) is 6.07 Å². The predicted molar refractivity (Wildman–Crippen MR) is 71.0 cm³/mol. The topological polar surface area (TPSA) is 76.3 Å². The van der Waals surface area contributed by atoms with Crippen molar-refractivity contribution in [1.82, 2.24) is 4.98 Å². The van der Waals surface area contributed by atoms with Gasteiger partial charge in [0.2, 0.25) is 0 Å². The molecule has 2 heterocycles. The largest absolute Gasteiger partial charge is 0.398 e. The van der Waals surface area contributed by atoms with E-state index in [1.165, 1.54) is 6.20 Å². The molecule has 1 aromatic carbocycles. The summed E-state index contributed by atoms with van der Waals surface area (Å²) in [6.07, 6.45) is 3.06. The number of amides is 2. The number of hydrogen-bond donors (Lipinski definition) is 1. The molecule has 0 fully saturated rings. The average molecular weight is 253 g/mol. The summed E-state index contributed by atoms with van der Waals surface area (Å²) in [5, 5.41) is 0. The first-order valence-corrected chi connectivity index (χ1v) is 5.79. The monoisotopic (exact) mass is 253 g/mol. The lowest BCUT2D eigenvalue weighted by atomic mass is 10.0. The number of nitrogens with zero attached hydrogens (tertiary/aromatic N) is 2. The molecule has 94 valence electrons. The Bertz CT molecular complexity index is 654. The van der Waals surface area contributed by atoms with E-state index in [0.29, 0.717) is 16.9 Å². The zero-order chi connectivity index (χ0) is 13.6. The number of carbonyl (C=O) groups is 2. The number of aryl methyl sites for hydroxylation is 1. The van der Waals surface area contributed by atoms with E-state index in [1.54, 1.807) is 37.4 Å². The molecule has 0 atom stereocenters. The lowest BCUT2D eigenvalue weighted by Gasteiger charge is -2.12. The molecule has 0 saturated heterocycles. The Morgan fingerprint density at radius 2 is 1.84 bits per heavy atom. The summed E-state index contributed by atoms with van der Waals surface area (Å²) < 4.78 is 0. The predicted octanol–water partition coefficient (Wildman–Crippen LogP) is 1.77. The van der Waals surface area contributed by atoms with Gasteiger partial charge in [-0.2, -0.15) is 0 Å². The molecule has 2 N–H and O–H groups in total. The summed E-state index contributed by atoms with van der Waals surface area (Å²) >= 11 is 0. The van der Waals surface area contributed by atoms with Crippen LogP contribution in [0.2, 0.25) is 0 Å². The molecule has 2 amide bonds. The molecule has 19 heavy (non-hydrogen) atoms. The number of imide groups is 1. The zero-order valence-electron chi connectivity index (χ0n) is 10.3. The van der Waals surface area contributed by atoms with Crippen LogP contribution in [0.1, 0.15) is 26.3 Å². The van der Waals surface area contributed by atoms with Crippen LogP contribution in [0.25, 0.3) is 0 Å². The van der Waals surface area contributed by atoms with Crippen molar-refractivity contribution in [3.8, 4) is 0 Å². The van der Waals surface area contributed by atoms with Gasteiger partial charge in [-0.15, -0.1) is 0 Å². The van der Waals surface area contributed by atoms with Gasteiger partial charge >= 0.3 is 0 Å². The van der Waals surface area contributed by atoms with Crippen molar-refractivity contribution in [3.05, 3.63) is 53.3 Å². The smallest absolute Gasteiger partial charge is 0.268 e. The zero-order valence-corrected chi connectivity index (χ0v) is 10.3. The third kappa shape index (κ3) is 1.52. The molecule has 0 radical (unpaired) electrons. The van der Waals surface area contributed by atoms with Crippen LogP contribution in [0.3, 0.4) is 0 Å². The SMILES string of the molecule is Cc1ccc(N)c2c1C(=O)N(c1cccnc1)C2=O. The van der Waals surface area contributed by atoms with Crippen molar-refractivity contribution in [2.45, 2.75) is 6.92 Å². The molecule has 0 unspecified atom stereocenters. The molecule has 2 aromatic rings. The lowest BCUT2D eigenvalue weighted by Crippen LogP contribution is -2.29. The lowest BCUT2D eigenvalue weighted by molar-refractivity contribution is 0.0926. The summed E-state index contributed by atoms with van der Waals surface area (Å²) in [5.41, 5.74) is 8.01. The molecule has 5 nitrogen and oxygen atoms in total. The summed E-state index contributed by atoms with van der Waals surface area (Å²) in [7, 11) is 0. The highest BCUT2D eigenvalue weighted by molar-refractivity contribution is 6.36. The van der Waals surface area contributed by atoms with Crippen molar-refractivity contribution in [1.29, 1.82) is 0 Å². The first kappa shape index (κ1) is 11.4. The minimum Gasteiger partial charge on any atom is -0.398 e. The maximum atomic E-state index is 12.4. The fourth-order valence-electron chi connectivity index (χ4n) is 2.27. The highest BCUT2D eigenvalue weighted by Crippen LogP contribution is 2.33. The van der Waals surface area contributed by atoms with E-state index >= 15 is 0 Å². The molecule has 0 bridgehead atoms. The number of carbonyl (C=O) groups excluding carboxylic acids is 2. The summed E-state index contributed by atoms with van der Waals surface area (Å²) in [6, 6.07) is 6.73. The third-order valence-corrected chi connectivity index (χ3v) is 3.18. The van der Waals surface area contributed by atoms with E-state index in [4.69, 9.17) is 5.73 Å². The second kappa shape index (κ2) is 3.91. The standard InChI is InChI=1S/C14H11N3O2/c1-8-4-5-10(15)12-11(8)13(18)17(14(12)19)9-3-2-6-16-7-9/h2-7H,15H2,1H3.